The van der Waals surface area contributed by atoms with Gasteiger partial charge in [0, 0.05) is 36.9 Å². The Bertz CT molecular complexity index is 1170. The topological polar surface area (TPSA) is 72.5 Å². The summed E-state index contributed by atoms with van der Waals surface area (Å²) in [4.78, 5) is 4.77. The van der Waals surface area contributed by atoms with Gasteiger partial charge >= 0.3 is 0 Å². The van der Waals surface area contributed by atoms with Crippen molar-refractivity contribution in [3.05, 3.63) is 89.1 Å². The minimum absolute atomic E-state index is 0.165. The number of methoxy groups -OCH3 is 1. The zero-order valence-electron chi connectivity index (χ0n) is 18.3. The molecule has 0 saturated carbocycles. The molecule has 1 unspecified atom stereocenters. The first-order valence-corrected chi connectivity index (χ1v) is 11.3. The molecule has 3 heterocycles. The average molecular weight is 465 g/mol. The van der Waals surface area contributed by atoms with Gasteiger partial charge in [-0.25, -0.2) is 4.68 Å². The van der Waals surface area contributed by atoms with Gasteiger partial charge in [-0.1, -0.05) is 29.8 Å². The minimum atomic E-state index is -0.165. The highest BCUT2D eigenvalue weighted by Crippen LogP contribution is 2.33. The van der Waals surface area contributed by atoms with Crippen LogP contribution in [0.25, 0.3) is 0 Å². The maximum absolute atomic E-state index is 6.66. The zero-order chi connectivity index (χ0) is 22.6. The van der Waals surface area contributed by atoms with Gasteiger partial charge < -0.3 is 14.1 Å². The summed E-state index contributed by atoms with van der Waals surface area (Å²) in [5.74, 6) is 2.41. The number of tetrazole rings is 1. The Morgan fingerprint density at radius 1 is 1.00 bits per heavy atom. The first kappa shape index (κ1) is 21.5. The number of furan rings is 1. The zero-order valence-corrected chi connectivity index (χ0v) is 19.1. The molecule has 2 aromatic carbocycles. The molecule has 0 amide bonds. The second-order valence-electron chi connectivity index (χ2n) is 7.92. The van der Waals surface area contributed by atoms with Crippen LogP contribution >= 0.6 is 11.6 Å². The number of ether oxygens (including phenoxy) is 1. The first-order valence-electron chi connectivity index (χ1n) is 10.9. The molecular formula is C24H25ClN6O2. The van der Waals surface area contributed by atoms with Gasteiger partial charge in [0.15, 0.2) is 5.82 Å². The van der Waals surface area contributed by atoms with Gasteiger partial charge in [-0.15, -0.1) is 5.10 Å². The number of rotatable bonds is 7. The standard InChI is InChI=1S/C24H25ClN6O2/c1-32-19-10-8-18(9-11-19)29-12-14-30(15-13-29)23(21-6-2-3-7-22(21)25)24-26-27-28-31(24)17-20-5-4-16-33-20/h2-11,16,23H,12-15,17H2,1H3. The fraction of sp³-hybridized carbons (Fsp3) is 0.292. The van der Waals surface area contributed by atoms with E-state index in [2.05, 4.69) is 43.5 Å². The molecule has 170 valence electrons. The Balaban J connectivity index is 1.41. The van der Waals surface area contributed by atoms with E-state index in [1.165, 1.54) is 5.69 Å². The van der Waals surface area contributed by atoms with Crippen LogP contribution in [-0.2, 0) is 6.54 Å². The molecule has 9 heteroatoms. The number of aromatic nitrogens is 4. The second-order valence-corrected chi connectivity index (χ2v) is 8.33. The highest BCUT2D eigenvalue weighted by atomic mass is 35.5. The molecular weight excluding hydrogens is 440 g/mol. The fourth-order valence-corrected chi connectivity index (χ4v) is 4.54. The van der Waals surface area contributed by atoms with Gasteiger partial charge in [0.05, 0.1) is 19.4 Å². The Morgan fingerprint density at radius 3 is 2.48 bits per heavy atom. The lowest BCUT2D eigenvalue weighted by atomic mass is 10.0. The molecule has 33 heavy (non-hydrogen) atoms. The number of piperazine rings is 1. The third-order valence-corrected chi connectivity index (χ3v) is 6.35. The van der Waals surface area contributed by atoms with Crippen molar-refractivity contribution < 1.29 is 9.15 Å². The Labute approximate surface area is 197 Å². The van der Waals surface area contributed by atoms with Crippen molar-refractivity contribution in [3.63, 3.8) is 0 Å². The summed E-state index contributed by atoms with van der Waals surface area (Å²) in [6.07, 6.45) is 1.66. The molecule has 0 bridgehead atoms. The van der Waals surface area contributed by atoms with Crippen LogP contribution in [0.1, 0.15) is 23.2 Å². The molecule has 4 aromatic rings. The molecule has 5 rings (SSSR count). The minimum Gasteiger partial charge on any atom is -0.497 e. The van der Waals surface area contributed by atoms with E-state index in [1.807, 2.05) is 42.5 Å². The van der Waals surface area contributed by atoms with E-state index >= 15 is 0 Å². The molecule has 0 spiro atoms. The van der Waals surface area contributed by atoms with Gasteiger partial charge in [-0.2, -0.15) is 0 Å². The molecule has 0 N–H and O–H groups in total. The third-order valence-electron chi connectivity index (χ3n) is 6.01. The van der Waals surface area contributed by atoms with Gasteiger partial charge in [-0.05, 0) is 58.5 Å². The quantitative estimate of drug-likeness (QED) is 0.411. The van der Waals surface area contributed by atoms with Crippen molar-refractivity contribution in [2.75, 3.05) is 38.2 Å². The number of halogens is 1. The number of benzene rings is 2. The summed E-state index contributed by atoms with van der Waals surface area (Å²) >= 11 is 6.66. The van der Waals surface area contributed by atoms with E-state index in [0.29, 0.717) is 11.6 Å². The molecule has 8 nitrogen and oxygen atoms in total. The number of anilines is 1. The van der Waals surface area contributed by atoms with Gasteiger partial charge in [0.1, 0.15) is 18.1 Å². The fourth-order valence-electron chi connectivity index (χ4n) is 4.30. The van der Waals surface area contributed by atoms with Crippen LogP contribution in [0, 0.1) is 0 Å². The van der Waals surface area contributed by atoms with E-state index in [1.54, 1.807) is 18.1 Å². The second kappa shape index (κ2) is 9.64. The lowest BCUT2D eigenvalue weighted by Gasteiger charge is -2.40. The summed E-state index contributed by atoms with van der Waals surface area (Å²) in [7, 11) is 1.68. The molecule has 1 fully saturated rings. The Morgan fingerprint density at radius 2 is 1.79 bits per heavy atom. The number of hydrogen-bond donors (Lipinski definition) is 0. The maximum Gasteiger partial charge on any atom is 0.173 e. The van der Waals surface area contributed by atoms with Crippen LogP contribution in [0.3, 0.4) is 0 Å². The normalized spacial score (nSPS) is 15.5. The van der Waals surface area contributed by atoms with Crippen molar-refractivity contribution in [2.24, 2.45) is 0 Å². The van der Waals surface area contributed by atoms with Crippen molar-refractivity contribution in [1.82, 2.24) is 25.1 Å². The summed E-state index contributed by atoms with van der Waals surface area (Å²) in [5.41, 5.74) is 2.18. The van der Waals surface area contributed by atoms with Crippen molar-refractivity contribution in [1.29, 1.82) is 0 Å². The molecule has 2 aromatic heterocycles. The molecule has 1 saturated heterocycles. The highest BCUT2D eigenvalue weighted by Gasteiger charge is 2.32. The predicted molar refractivity (Wildman–Crippen MR) is 126 cm³/mol. The summed E-state index contributed by atoms with van der Waals surface area (Å²) < 4.78 is 12.6. The van der Waals surface area contributed by atoms with Crippen LogP contribution in [0.15, 0.2) is 71.3 Å². The lowest BCUT2D eigenvalue weighted by molar-refractivity contribution is 0.201. The number of nitrogens with zero attached hydrogens (tertiary/aromatic N) is 6. The van der Waals surface area contributed by atoms with Gasteiger partial charge in [-0.3, -0.25) is 4.90 Å². The third kappa shape index (κ3) is 4.58. The number of hydrogen-bond acceptors (Lipinski definition) is 7. The van der Waals surface area contributed by atoms with Crippen molar-refractivity contribution in [3.8, 4) is 5.75 Å². The molecule has 0 aliphatic carbocycles. The molecule has 1 atom stereocenters. The largest absolute Gasteiger partial charge is 0.497 e. The summed E-state index contributed by atoms with van der Waals surface area (Å²) in [5, 5.41) is 13.3. The van der Waals surface area contributed by atoms with E-state index < -0.39 is 0 Å². The van der Waals surface area contributed by atoms with Crippen molar-refractivity contribution >= 4 is 17.3 Å². The Hall–Kier alpha value is -3.36. The van der Waals surface area contributed by atoms with Crippen LogP contribution in [0.4, 0.5) is 5.69 Å². The summed E-state index contributed by atoms with van der Waals surface area (Å²) in [6.45, 7) is 3.91. The lowest BCUT2D eigenvalue weighted by Crippen LogP contribution is -2.48. The van der Waals surface area contributed by atoms with Gasteiger partial charge in [0.25, 0.3) is 0 Å². The van der Waals surface area contributed by atoms with Crippen LogP contribution < -0.4 is 9.64 Å². The smallest absolute Gasteiger partial charge is 0.173 e. The van der Waals surface area contributed by atoms with Crippen LogP contribution in [-0.4, -0.2) is 58.4 Å². The van der Waals surface area contributed by atoms with E-state index in [9.17, 15) is 0 Å². The Kier molecular flexibility index (Phi) is 6.28. The SMILES string of the molecule is COc1ccc(N2CCN(C(c3ccccc3Cl)c3nnnn3Cc3ccco3)CC2)cc1. The van der Waals surface area contributed by atoms with Crippen LogP contribution in [0.5, 0.6) is 5.75 Å². The monoisotopic (exact) mass is 464 g/mol. The molecule has 1 aliphatic rings. The maximum atomic E-state index is 6.66. The van der Waals surface area contributed by atoms with E-state index in [4.69, 9.17) is 20.8 Å². The molecule has 1 aliphatic heterocycles. The van der Waals surface area contributed by atoms with E-state index in [0.717, 1.165) is 49.1 Å². The van der Waals surface area contributed by atoms with Crippen molar-refractivity contribution in [2.45, 2.75) is 12.6 Å². The molecule has 0 radical (unpaired) electrons. The summed E-state index contributed by atoms with van der Waals surface area (Å²) in [6, 6.07) is 19.7. The van der Waals surface area contributed by atoms with Gasteiger partial charge in [0.2, 0.25) is 0 Å². The van der Waals surface area contributed by atoms with E-state index in [-0.39, 0.29) is 6.04 Å². The highest BCUT2D eigenvalue weighted by molar-refractivity contribution is 6.31. The van der Waals surface area contributed by atoms with Crippen LogP contribution in [0.2, 0.25) is 5.02 Å². The average Bonchev–Trinajstić information content (AvgIpc) is 3.54. The predicted octanol–water partition coefficient (Wildman–Crippen LogP) is 3.89. The first-order chi connectivity index (χ1) is 16.2.